The number of nitro groups is 1. The molecule has 0 aliphatic carbocycles. The van der Waals surface area contributed by atoms with Crippen LogP contribution in [0.15, 0.2) is 77.3 Å². The summed E-state index contributed by atoms with van der Waals surface area (Å²) in [7, 11) is 1.75. The van der Waals surface area contributed by atoms with Gasteiger partial charge in [-0.05, 0) is 36.0 Å². The van der Waals surface area contributed by atoms with Gasteiger partial charge in [-0.2, -0.15) is 5.10 Å². The Morgan fingerprint density at radius 2 is 2.03 bits per heavy atom. The summed E-state index contributed by atoms with van der Waals surface area (Å²) in [4.78, 5) is 24.0. The van der Waals surface area contributed by atoms with Crippen LogP contribution in [0.5, 0.6) is 0 Å². The minimum atomic E-state index is -0.515. The fourth-order valence-corrected chi connectivity index (χ4v) is 3.66. The Bertz CT molecular complexity index is 1240. The molecule has 0 saturated heterocycles. The summed E-state index contributed by atoms with van der Waals surface area (Å²) in [6.07, 6.45) is 4.99. The first-order chi connectivity index (χ1) is 15.0. The molecule has 2 heterocycles. The second kappa shape index (κ2) is 8.79. The van der Waals surface area contributed by atoms with Gasteiger partial charge in [-0.15, -0.1) is 10.2 Å². The van der Waals surface area contributed by atoms with E-state index in [-0.39, 0.29) is 17.8 Å². The minimum absolute atomic E-state index is 0.169. The standard InChI is InChI=1S/C20H17N7O3S/c1-25-13-22-24-20(25)31-18-8-7-15(9-17(18)27(29)30)19(28)21-10-14-11-23-26(12-14)16-5-3-2-4-6-16/h2-9,11-13H,10H2,1H3,(H,21,28). The molecule has 31 heavy (non-hydrogen) atoms. The third-order valence-electron chi connectivity index (χ3n) is 4.40. The van der Waals surface area contributed by atoms with Crippen LogP contribution in [-0.2, 0) is 13.6 Å². The van der Waals surface area contributed by atoms with Gasteiger partial charge in [0.2, 0.25) is 0 Å². The van der Waals surface area contributed by atoms with Gasteiger partial charge in [-0.25, -0.2) is 4.68 Å². The zero-order chi connectivity index (χ0) is 21.8. The van der Waals surface area contributed by atoms with Crippen LogP contribution in [0.4, 0.5) is 5.69 Å². The molecule has 1 N–H and O–H groups in total. The molecule has 4 rings (SSSR count). The zero-order valence-corrected chi connectivity index (χ0v) is 17.2. The maximum atomic E-state index is 12.6. The lowest BCUT2D eigenvalue weighted by Crippen LogP contribution is -2.22. The highest BCUT2D eigenvalue weighted by molar-refractivity contribution is 7.99. The number of carbonyl (C=O) groups excluding carboxylic acids is 1. The van der Waals surface area contributed by atoms with E-state index in [2.05, 4.69) is 20.6 Å². The summed E-state index contributed by atoms with van der Waals surface area (Å²) in [5.74, 6) is -0.411. The van der Waals surface area contributed by atoms with Crippen LogP contribution in [0.2, 0.25) is 0 Å². The van der Waals surface area contributed by atoms with Crippen molar-refractivity contribution in [3.05, 3.63) is 88.5 Å². The number of carbonyl (C=O) groups is 1. The Morgan fingerprint density at radius 1 is 1.23 bits per heavy atom. The Morgan fingerprint density at radius 3 is 2.74 bits per heavy atom. The number of hydrogen-bond donors (Lipinski definition) is 1. The van der Waals surface area contributed by atoms with Crippen molar-refractivity contribution in [1.29, 1.82) is 0 Å². The number of nitrogens with one attached hydrogen (secondary N) is 1. The van der Waals surface area contributed by atoms with E-state index in [0.717, 1.165) is 23.0 Å². The van der Waals surface area contributed by atoms with Crippen LogP contribution >= 0.6 is 11.8 Å². The van der Waals surface area contributed by atoms with Gasteiger partial charge in [0.1, 0.15) is 6.33 Å². The molecule has 10 nitrogen and oxygen atoms in total. The Kier molecular flexibility index (Phi) is 5.76. The fraction of sp³-hybridized carbons (Fsp3) is 0.100. The van der Waals surface area contributed by atoms with E-state index >= 15 is 0 Å². The van der Waals surface area contributed by atoms with Crippen molar-refractivity contribution in [1.82, 2.24) is 29.9 Å². The normalized spacial score (nSPS) is 10.7. The number of nitro benzene ring substituents is 1. The molecule has 0 unspecified atom stereocenters. The Balaban J connectivity index is 1.46. The molecular formula is C20H17N7O3S. The van der Waals surface area contributed by atoms with Gasteiger partial charge in [0, 0.05) is 37.0 Å². The van der Waals surface area contributed by atoms with Crippen molar-refractivity contribution < 1.29 is 9.72 Å². The first-order valence-corrected chi connectivity index (χ1v) is 10.0. The van der Waals surface area contributed by atoms with Crippen LogP contribution in [0.1, 0.15) is 15.9 Å². The molecule has 0 spiro atoms. The van der Waals surface area contributed by atoms with Gasteiger partial charge in [-0.1, -0.05) is 18.2 Å². The van der Waals surface area contributed by atoms with Crippen LogP contribution in [-0.4, -0.2) is 35.4 Å². The molecular weight excluding hydrogens is 418 g/mol. The third-order valence-corrected chi connectivity index (χ3v) is 5.52. The van der Waals surface area contributed by atoms with Crippen LogP contribution < -0.4 is 5.32 Å². The predicted molar refractivity (Wildman–Crippen MR) is 113 cm³/mol. The average molecular weight is 435 g/mol. The molecule has 0 bridgehead atoms. The van der Waals surface area contributed by atoms with Crippen molar-refractivity contribution in [2.45, 2.75) is 16.6 Å². The van der Waals surface area contributed by atoms with Gasteiger partial charge in [0.05, 0.1) is 21.7 Å². The Labute approximate surface area is 181 Å². The molecule has 11 heteroatoms. The van der Waals surface area contributed by atoms with Crippen molar-refractivity contribution in [2.24, 2.45) is 7.05 Å². The number of amides is 1. The Hall–Kier alpha value is -3.99. The van der Waals surface area contributed by atoms with E-state index in [0.29, 0.717) is 10.1 Å². The molecule has 2 aromatic carbocycles. The zero-order valence-electron chi connectivity index (χ0n) is 16.4. The molecule has 1 amide bonds. The van der Waals surface area contributed by atoms with E-state index < -0.39 is 10.8 Å². The first kappa shape index (κ1) is 20.3. The summed E-state index contributed by atoms with van der Waals surface area (Å²) in [5.41, 5.74) is 1.75. The lowest BCUT2D eigenvalue weighted by molar-refractivity contribution is -0.387. The predicted octanol–water partition coefficient (Wildman–Crippen LogP) is 2.99. The molecule has 0 radical (unpaired) electrons. The lowest BCUT2D eigenvalue weighted by Gasteiger charge is -2.06. The first-order valence-electron chi connectivity index (χ1n) is 9.19. The molecule has 0 aliphatic rings. The van der Waals surface area contributed by atoms with Crippen LogP contribution in [0.25, 0.3) is 5.69 Å². The van der Waals surface area contributed by atoms with E-state index in [1.54, 1.807) is 34.6 Å². The summed E-state index contributed by atoms with van der Waals surface area (Å²) in [5, 5.41) is 26.8. The van der Waals surface area contributed by atoms with E-state index in [1.807, 2.05) is 36.5 Å². The number of benzene rings is 2. The molecule has 0 aliphatic heterocycles. The summed E-state index contributed by atoms with van der Waals surface area (Å²) in [6, 6.07) is 14.0. The number of rotatable bonds is 7. The smallest absolute Gasteiger partial charge is 0.284 e. The minimum Gasteiger partial charge on any atom is -0.348 e. The molecule has 0 atom stereocenters. The summed E-state index contributed by atoms with van der Waals surface area (Å²) >= 11 is 1.11. The maximum Gasteiger partial charge on any atom is 0.284 e. The van der Waals surface area contributed by atoms with Gasteiger partial charge >= 0.3 is 0 Å². The van der Waals surface area contributed by atoms with Crippen molar-refractivity contribution in [3.8, 4) is 5.69 Å². The summed E-state index contributed by atoms with van der Waals surface area (Å²) in [6.45, 7) is 0.245. The second-order valence-corrected chi connectivity index (χ2v) is 7.59. The largest absolute Gasteiger partial charge is 0.348 e. The molecule has 0 saturated carbocycles. The monoisotopic (exact) mass is 435 g/mol. The number of hydrogen-bond acceptors (Lipinski definition) is 7. The van der Waals surface area contributed by atoms with E-state index in [1.165, 1.54) is 12.4 Å². The van der Waals surface area contributed by atoms with Gasteiger partial charge in [0.15, 0.2) is 5.16 Å². The highest BCUT2D eigenvalue weighted by atomic mass is 32.2. The quantitative estimate of drug-likeness (QED) is 0.350. The van der Waals surface area contributed by atoms with E-state index in [4.69, 9.17) is 0 Å². The SMILES string of the molecule is Cn1cnnc1Sc1ccc(C(=O)NCc2cnn(-c3ccccc3)c2)cc1[N+](=O)[O-]. The molecule has 2 aromatic heterocycles. The number of aryl methyl sites for hydroxylation is 1. The lowest BCUT2D eigenvalue weighted by atomic mass is 10.2. The van der Waals surface area contributed by atoms with Gasteiger partial charge in [0.25, 0.3) is 11.6 Å². The van der Waals surface area contributed by atoms with Gasteiger partial charge in [-0.3, -0.25) is 14.9 Å². The van der Waals surface area contributed by atoms with Crippen molar-refractivity contribution in [2.75, 3.05) is 0 Å². The van der Waals surface area contributed by atoms with Gasteiger partial charge < -0.3 is 9.88 Å². The highest BCUT2D eigenvalue weighted by Crippen LogP contribution is 2.34. The van der Waals surface area contributed by atoms with Crippen LogP contribution in [0.3, 0.4) is 0 Å². The van der Waals surface area contributed by atoms with E-state index in [9.17, 15) is 14.9 Å². The number of nitrogens with zero attached hydrogens (tertiary/aromatic N) is 6. The second-order valence-electron chi connectivity index (χ2n) is 6.58. The number of para-hydroxylation sites is 1. The number of aromatic nitrogens is 5. The third kappa shape index (κ3) is 4.61. The molecule has 4 aromatic rings. The summed E-state index contributed by atoms with van der Waals surface area (Å²) < 4.78 is 3.37. The highest BCUT2D eigenvalue weighted by Gasteiger charge is 2.20. The topological polar surface area (TPSA) is 121 Å². The van der Waals surface area contributed by atoms with Crippen molar-refractivity contribution >= 4 is 23.4 Å². The molecule has 156 valence electrons. The maximum absolute atomic E-state index is 12.6. The molecule has 0 fully saturated rings. The fourth-order valence-electron chi connectivity index (χ4n) is 2.81. The average Bonchev–Trinajstić information content (AvgIpc) is 3.42. The van der Waals surface area contributed by atoms with Crippen LogP contribution in [0, 0.1) is 10.1 Å². The van der Waals surface area contributed by atoms with Crippen molar-refractivity contribution in [3.63, 3.8) is 0 Å².